The van der Waals surface area contributed by atoms with Gasteiger partial charge in [-0.3, -0.25) is 0 Å². The number of rotatable bonds is 1. The van der Waals surface area contributed by atoms with E-state index < -0.39 is 0 Å². The van der Waals surface area contributed by atoms with Crippen LogP contribution in [-0.4, -0.2) is 6.54 Å². The molecule has 1 aromatic rings. The maximum Gasteiger partial charge on any atom is 0.127 e. The van der Waals surface area contributed by atoms with Crippen molar-refractivity contribution in [1.29, 1.82) is 0 Å². The van der Waals surface area contributed by atoms with E-state index in [0.717, 1.165) is 0 Å². The minimum absolute atomic E-state index is 0.104. The molecule has 0 bridgehead atoms. The van der Waals surface area contributed by atoms with Crippen molar-refractivity contribution < 1.29 is 4.39 Å². The van der Waals surface area contributed by atoms with Gasteiger partial charge in [-0.2, -0.15) is 0 Å². The Kier molecular flexibility index (Phi) is 3.54. The van der Waals surface area contributed by atoms with E-state index in [2.05, 4.69) is 21.9 Å². The van der Waals surface area contributed by atoms with E-state index in [-0.39, 0.29) is 12.4 Å². The smallest absolute Gasteiger partial charge is 0.127 e. The second-order valence-electron chi connectivity index (χ2n) is 2.60. The molecule has 1 rings (SSSR count). The number of benzene rings is 1. The minimum atomic E-state index is -0.277. The first-order valence-electron chi connectivity index (χ1n) is 4.00. The van der Waals surface area contributed by atoms with Gasteiger partial charge in [-0.25, -0.2) is 4.39 Å². The highest BCUT2D eigenvalue weighted by Gasteiger charge is 1.98. The normalized spacial score (nSPS) is 8.43. The molecule has 0 aliphatic rings. The van der Waals surface area contributed by atoms with Crippen molar-refractivity contribution in [3.63, 3.8) is 0 Å². The fourth-order valence-corrected chi connectivity index (χ4v) is 0.945. The summed E-state index contributed by atoms with van der Waals surface area (Å²) in [5.74, 6) is 5.09. The second-order valence-corrected chi connectivity index (χ2v) is 2.60. The standard InChI is InChI=1S/C10H8FN3/c1-8-9(4-2-6-10(8)11)5-3-7-13-14-12/h2,4,6H,7H2,1H3. The van der Waals surface area contributed by atoms with Gasteiger partial charge in [0.25, 0.3) is 0 Å². The molecular weight excluding hydrogens is 181 g/mol. The van der Waals surface area contributed by atoms with E-state index in [1.54, 1.807) is 19.1 Å². The summed E-state index contributed by atoms with van der Waals surface area (Å²) in [5, 5.41) is 3.25. The third-order valence-electron chi connectivity index (χ3n) is 1.70. The molecule has 0 saturated carbocycles. The summed E-state index contributed by atoms with van der Waals surface area (Å²) in [7, 11) is 0. The molecule has 0 fully saturated rings. The van der Waals surface area contributed by atoms with Gasteiger partial charge in [-0.05, 0) is 24.6 Å². The van der Waals surface area contributed by atoms with Crippen molar-refractivity contribution >= 4 is 0 Å². The van der Waals surface area contributed by atoms with Gasteiger partial charge >= 0.3 is 0 Å². The lowest BCUT2D eigenvalue weighted by atomic mass is 10.1. The summed E-state index contributed by atoms with van der Waals surface area (Å²) < 4.78 is 13.0. The van der Waals surface area contributed by atoms with Crippen LogP contribution in [0.2, 0.25) is 0 Å². The molecule has 4 heteroatoms. The van der Waals surface area contributed by atoms with Crippen molar-refractivity contribution in [2.24, 2.45) is 5.11 Å². The summed E-state index contributed by atoms with van der Waals surface area (Å²) in [5.41, 5.74) is 9.13. The first-order chi connectivity index (χ1) is 6.75. The summed E-state index contributed by atoms with van der Waals surface area (Å²) >= 11 is 0. The zero-order valence-corrected chi connectivity index (χ0v) is 7.66. The Labute approximate surface area is 81.2 Å². The number of hydrogen-bond acceptors (Lipinski definition) is 1. The molecule has 0 atom stereocenters. The largest absolute Gasteiger partial charge is 0.207 e. The summed E-state index contributed by atoms with van der Waals surface area (Å²) in [6.45, 7) is 1.76. The van der Waals surface area contributed by atoms with Crippen LogP contribution in [0.15, 0.2) is 23.3 Å². The molecule has 0 N–H and O–H groups in total. The highest BCUT2D eigenvalue weighted by Crippen LogP contribution is 2.10. The summed E-state index contributed by atoms with van der Waals surface area (Å²) in [4.78, 5) is 2.56. The number of azide groups is 1. The highest BCUT2D eigenvalue weighted by atomic mass is 19.1. The summed E-state index contributed by atoms with van der Waals surface area (Å²) in [6, 6.07) is 4.70. The molecule has 14 heavy (non-hydrogen) atoms. The Balaban J connectivity index is 2.89. The van der Waals surface area contributed by atoms with E-state index in [1.165, 1.54) is 6.07 Å². The van der Waals surface area contributed by atoms with Gasteiger partial charge in [0.05, 0.1) is 6.54 Å². The second kappa shape index (κ2) is 4.90. The van der Waals surface area contributed by atoms with Crippen molar-refractivity contribution in [1.82, 2.24) is 0 Å². The van der Waals surface area contributed by atoms with Crippen LogP contribution in [0.25, 0.3) is 10.4 Å². The zero-order chi connectivity index (χ0) is 10.4. The van der Waals surface area contributed by atoms with Crippen molar-refractivity contribution in [2.75, 3.05) is 6.54 Å². The predicted molar refractivity (Wildman–Crippen MR) is 52.0 cm³/mol. The van der Waals surface area contributed by atoms with Crippen LogP contribution in [0.4, 0.5) is 4.39 Å². The van der Waals surface area contributed by atoms with Crippen LogP contribution in [0.3, 0.4) is 0 Å². The Hall–Kier alpha value is -1.98. The molecule has 0 radical (unpaired) electrons. The molecule has 0 unspecified atom stereocenters. The summed E-state index contributed by atoms with van der Waals surface area (Å²) in [6.07, 6.45) is 0. The van der Waals surface area contributed by atoms with Crippen LogP contribution in [0, 0.1) is 24.6 Å². The molecule has 0 amide bonds. The average molecular weight is 189 g/mol. The third-order valence-corrected chi connectivity index (χ3v) is 1.70. The fourth-order valence-electron chi connectivity index (χ4n) is 0.945. The van der Waals surface area contributed by atoms with Crippen LogP contribution < -0.4 is 0 Å². The van der Waals surface area contributed by atoms with Gasteiger partial charge in [-0.15, -0.1) is 0 Å². The van der Waals surface area contributed by atoms with Crippen LogP contribution in [0.1, 0.15) is 11.1 Å². The van der Waals surface area contributed by atoms with Gasteiger partial charge in [-0.1, -0.05) is 23.0 Å². The lowest BCUT2D eigenvalue weighted by molar-refractivity contribution is 0.618. The quantitative estimate of drug-likeness (QED) is 0.282. The van der Waals surface area contributed by atoms with E-state index in [0.29, 0.717) is 11.1 Å². The molecule has 0 spiro atoms. The topological polar surface area (TPSA) is 48.8 Å². The van der Waals surface area contributed by atoms with Gasteiger partial charge in [0.1, 0.15) is 5.82 Å². The van der Waals surface area contributed by atoms with Crippen LogP contribution in [-0.2, 0) is 0 Å². The van der Waals surface area contributed by atoms with E-state index in [9.17, 15) is 4.39 Å². The van der Waals surface area contributed by atoms with Gasteiger partial charge < -0.3 is 0 Å². The molecule has 0 aromatic heterocycles. The highest BCUT2D eigenvalue weighted by molar-refractivity contribution is 5.41. The lowest BCUT2D eigenvalue weighted by Gasteiger charge is -1.97. The lowest BCUT2D eigenvalue weighted by Crippen LogP contribution is -1.86. The van der Waals surface area contributed by atoms with Gasteiger partial charge in [0.15, 0.2) is 0 Å². The Morgan fingerprint density at radius 3 is 3.07 bits per heavy atom. The molecule has 0 aliphatic heterocycles. The maximum atomic E-state index is 13.0. The number of hydrogen-bond donors (Lipinski definition) is 0. The average Bonchev–Trinajstić information content (AvgIpc) is 2.19. The van der Waals surface area contributed by atoms with Crippen LogP contribution in [0.5, 0.6) is 0 Å². The first-order valence-corrected chi connectivity index (χ1v) is 4.00. The molecule has 70 valence electrons. The van der Waals surface area contributed by atoms with Crippen molar-refractivity contribution in [3.05, 3.63) is 45.6 Å². The Bertz CT molecular complexity index is 436. The molecule has 0 saturated heterocycles. The molecule has 0 heterocycles. The SMILES string of the molecule is Cc1c(F)cccc1C#CCN=[N+]=[N-]. The molecule has 0 aliphatic carbocycles. The predicted octanol–water partition coefficient (Wildman–Crippen LogP) is 2.80. The minimum Gasteiger partial charge on any atom is -0.207 e. The Morgan fingerprint density at radius 2 is 2.36 bits per heavy atom. The molecule has 1 aromatic carbocycles. The van der Waals surface area contributed by atoms with E-state index in [4.69, 9.17) is 5.53 Å². The zero-order valence-electron chi connectivity index (χ0n) is 7.66. The van der Waals surface area contributed by atoms with E-state index >= 15 is 0 Å². The van der Waals surface area contributed by atoms with Crippen molar-refractivity contribution in [2.45, 2.75) is 6.92 Å². The monoisotopic (exact) mass is 189 g/mol. The molecule has 3 nitrogen and oxygen atoms in total. The van der Waals surface area contributed by atoms with Crippen molar-refractivity contribution in [3.8, 4) is 11.8 Å². The fraction of sp³-hybridized carbons (Fsp3) is 0.200. The number of nitrogens with zero attached hydrogens (tertiary/aromatic N) is 3. The van der Waals surface area contributed by atoms with Crippen LogP contribution >= 0.6 is 0 Å². The van der Waals surface area contributed by atoms with E-state index in [1.807, 2.05) is 0 Å². The van der Waals surface area contributed by atoms with Gasteiger partial charge in [0, 0.05) is 16.0 Å². The maximum absolute atomic E-state index is 13.0. The molecular formula is C10H8FN3. The first kappa shape index (κ1) is 10.1. The number of halogens is 1. The van der Waals surface area contributed by atoms with Gasteiger partial charge in [0.2, 0.25) is 0 Å². The Morgan fingerprint density at radius 1 is 1.57 bits per heavy atom. The third kappa shape index (κ3) is 2.51.